The lowest BCUT2D eigenvalue weighted by Crippen LogP contribution is -2.45. The monoisotopic (exact) mass is 450 g/mol. The lowest BCUT2D eigenvalue weighted by molar-refractivity contribution is -0.151. The first-order valence-electron chi connectivity index (χ1n) is 12.2. The van der Waals surface area contributed by atoms with Gasteiger partial charge in [-0.25, -0.2) is 19.6 Å². The van der Waals surface area contributed by atoms with E-state index in [-0.39, 0.29) is 37.4 Å². The number of hydrogen-bond acceptors (Lipinski definition) is 8. The van der Waals surface area contributed by atoms with E-state index in [0.29, 0.717) is 11.8 Å². The number of carbonyl (C=O) groups is 2. The fraction of sp³-hybridized carbons (Fsp3) is 0.833. The van der Waals surface area contributed by atoms with Crippen LogP contribution in [0.2, 0.25) is 0 Å². The second-order valence-electron chi connectivity index (χ2n) is 9.24. The molecule has 0 amide bonds. The van der Waals surface area contributed by atoms with E-state index in [1.54, 1.807) is 0 Å². The SMILES string of the molecule is CCCCC(C)OC(=O)[C@H]1COC(C2(C3=N[C@@H](C(=O)OC(C)CCCC)CO3)CCC2)=N1. The standard InChI is InChI=1S/C24H38N2O6/c1-5-7-10-16(3)31-20(27)18-14-29-22(25-18)24(12-9-13-24)23-26-19(15-30-23)21(28)32-17(4)11-8-6-2/h16-19H,5-15H2,1-4H3/t16?,17?,18-,19-/m1/s1. The zero-order chi connectivity index (χ0) is 23.1. The highest BCUT2D eigenvalue weighted by molar-refractivity contribution is 6.08. The van der Waals surface area contributed by atoms with E-state index in [9.17, 15) is 9.59 Å². The average molecular weight is 451 g/mol. The highest BCUT2D eigenvalue weighted by Gasteiger charge is 2.54. The molecule has 2 aliphatic heterocycles. The van der Waals surface area contributed by atoms with Gasteiger partial charge in [-0.1, -0.05) is 46.0 Å². The highest BCUT2D eigenvalue weighted by Crippen LogP contribution is 2.46. The summed E-state index contributed by atoms with van der Waals surface area (Å²) in [6.07, 6.45) is 8.11. The molecule has 32 heavy (non-hydrogen) atoms. The van der Waals surface area contributed by atoms with Crippen molar-refractivity contribution in [1.29, 1.82) is 0 Å². The Morgan fingerprint density at radius 3 is 1.69 bits per heavy atom. The number of rotatable bonds is 12. The second kappa shape index (κ2) is 11.1. The predicted octanol–water partition coefficient (Wildman–Crippen LogP) is 4.00. The average Bonchev–Trinajstić information content (AvgIpc) is 3.41. The van der Waals surface area contributed by atoms with E-state index < -0.39 is 17.5 Å². The van der Waals surface area contributed by atoms with Crippen molar-refractivity contribution in [3.63, 3.8) is 0 Å². The summed E-state index contributed by atoms with van der Waals surface area (Å²) in [6, 6.07) is -1.32. The quantitative estimate of drug-likeness (QED) is 0.417. The maximum absolute atomic E-state index is 12.5. The molecule has 0 saturated heterocycles. The van der Waals surface area contributed by atoms with Crippen LogP contribution >= 0.6 is 0 Å². The van der Waals surface area contributed by atoms with Gasteiger partial charge in [0.2, 0.25) is 0 Å². The van der Waals surface area contributed by atoms with Crippen LogP contribution < -0.4 is 0 Å². The number of nitrogens with zero attached hydrogens (tertiary/aromatic N) is 2. The zero-order valence-electron chi connectivity index (χ0n) is 19.9. The number of aliphatic imine (C=N–C) groups is 2. The molecule has 4 atom stereocenters. The minimum absolute atomic E-state index is 0.131. The van der Waals surface area contributed by atoms with E-state index in [1.807, 2.05) is 13.8 Å². The van der Waals surface area contributed by atoms with Crippen LogP contribution in [0, 0.1) is 5.41 Å². The van der Waals surface area contributed by atoms with Gasteiger partial charge in [0.25, 0.3) is 0 Å². The Balaban J connectivity index is 1.62. The summed E-state index contributed by atoms with van der Waals surface area (Å²) in [7, 11) is 0. The molecule has 0 bridgehead atoms. The molecule has 1 fully saturated rings. The zero-order valence-corrected chi connectivity index (χ0v) is 19.9. The Labute approximate surface area is 191 Å². The van der Waals surface area contributed by atoms with E-state index >= 15 is 0 Å². The molecule has 0 aromatic heterocycles. The normalized spacial score (nSPS) is 25.5. The Morgan fingerprint density at radius 1 is 0.906 bits per heavy atom. The van der Waals surface area contributed by atoms with Crippen LogP contribution in [0.5, 0.6) is 0 Å². The van der Waals surface area contributed by atoms with Crippen molar-refractivity contribution in [2.24, 2.45) is 15.4 Å². The molecule has 0 N–H and O–H groups in total. The van der Waals surface area contributed by atoms with Gasteiger partial charge in [0.05, 0.1) is 12.2 Å². The van der Waals surface area contributed by atoms with Crippen LogP contribution in [0.25, 0.3) is 0 Å². The molecular weight excluding hydrogens is 412 g/mol. The minimum atomic E-state index is -0.659. The van der Waals surface area contributed by atoms with E-state index in [1.165, 1.54) is 0 Å². The maximum atomic E-state index is 12.5. The van der Waals surface area contributed by atoms with Crippen LogP contribution in [0.15, 0.2) is 9.98 Å². The summed E-state index contributed by atoms with van der Waals surface area (Å²) in [6.45, 7) is 8.38. The van der Waals surface area contributed by atoms with Crippen molar-refractivity contribution in [2.45, 2.75) is 110 Å². The molecule has 0 radical (unpaired) electrons. The molecule has 180 valence electrons. The van der Waals surface area contributed by atoms with Gasteiger partial charge >= 0.3 is 11.9 Å². The molecule has 8 nitrogen and oxygen atoms in total. The summed E-state index contributed by atoms with van der Waals surface area (Å²) in [5.41, 5.74) is -0.578. The summed E-state index contributed by atoms with van der Waals surface area (Å²) in [4.78, 5) is 34.1. The number of hydrogen-bond donors (Lipinski definition) is 0. The van der Waals surface area contributed by atoms with Crippen molar-refractivity contribution in [3.05, 3.63) is 0 Å². The summed E-state index contributed by atoms with van der Waals surface area (Å²) >= 11 is 0. The topological polar surface area (TPSA) is 95.8 Å². The van der Waals surface area contributed by atoms with Gasteiger partial charge in [-0.2, -0.15) is 0 Å². The Bertz CT molecular complexity index is 674. The first kappa shape index (κ1) is 24.5. The third-order valence-corrected chi connectivity index (χ3v) is 6.44. The Kier molecular flexibility index (Phi) is 8.54. The molecular formula is C24H38N2O6. The number of carbonyl (C=O) groups excluding carboxylic acids is 2. The molecule has 0 aromatic rings. The molecule has 3 aliphatic rings. The van der Waals surface area contributed by atoms with E-state index in [4.69, 9.17) is 18.9 Å². The maximum Gasteiger partial charge on any atom is 0.334 e. The molecule has 0 aromatic carbocycles. The van der Waals surface area contributed by atoms with Crippen LogP contribution in [0.1, 0.15) is 85.5 Å². The fourth-order valence-electron chi connectivity index (χ4n) is 4.22. The van der Waals surface area contributed by atoms with Crippen molar-refractivity contribution < 1.29 is 28.5 Å². The number of esters is 2. The van der Waals surface area contributed by atoms with Crippen LogP contribution in [-0.2, 0) is 28.5 Å². The molecule has 2 unspecified atom stereocenters. The molecule has 8 heteroatoms. The minimum Gasteiger partial charge on any atom is -0.477 e. The molecule has 1 aliphatic carbocycles. The van der Waals surface area contributed by atoms with Gasteiger partial charge in [-0.3, -0.25) is 0 Å². The first-order valence-corrected chi connectivity index (χ1v) is 12.2. The predicted molar refractivity (Wildman–Crippen MR) is 121 cm³/mol. The summed E-state index contributed by atoms with van der Waals surface area (Å²) in [5, 5.41) is 0. The van der Waals surface area contributed by atoms with Gasteiger partial charge in [-0.15, -0.1) is 0 Å². The summed E-state index contributed by atoms with van der Waals surface area (Å²) in [5.74, 6) is 0.261. The second-order valence-corrected chi connectivity index (χ2v) is 9.24. The molecule has 1 saturated carbocycles. The largest absolute Gasteiger partial charge is 0.477 e. The Morgan fingerprint density at radius 2 is 1.34 bits per heavy atom. The fourth-order valence-corrected chi connectivity index (χ4v) is 4.22. The van der Waals surface area contributed by atoms with Crippen LogP contribution in [-0.4, -0.2) is 61.2 Å². The smallest absolute Gasteiger partial charge is 0.334 e. The lowest BCUT2D eigenvalue weighted by atomic mass is 9.68. The van der Waals surface area contributed by atoms with Crippen molar-refractivity contribution >= 4 is 23.7 Å². The van der Waals surface area contributed by atoms with Crippen LogP contribution in [0.3, 0.4) is 0 Å². The van der Waals surface area contributed by atoms with Crippen molar-refractivity contribution in [1.82, 2.24) is 0 Å². The van der Waals surface area contributed by atoms with E-state index in [0.717, 1.165) is 57.8 Å². The van der Waals surface area contributed by atoms with Gasteiger partial charge in [-0.05, 0) is 39.5 Å². The van der Waals surface area contributed by atoms with Gasteiger partial charge in [0.15, 0.2) is 23.9 Å². The van der Waals surface area contributed by atoms with E-state index in [2.05, 4.69) is 23.8 Å². The first-order chi connectivity index (χ1) is 15.4. The van der Waals surface area contributed by atoms with Gasteiger partial charge in [0, 0.05) is 0 Å². The van der Waals surface area contributed by atoms with Gasteiger partial charge < -0.3 is 18.9 Å². The third kappa shape index (κ3) is 5.62. The van der Waals surface area contributed by atoms with Crippen molar-refractivity contribution in [3.8, 4) is 0 Å². The molecule has 2 heterocycles. The number of ether oxygens (including phenoxy) is 4. The molecule has 3 rings (SSSR count). The summed E-state index contributed by atoms with van der Waals surface area (Å²) < 4.78 is 22.8. The highest BCUT2D eigenvalue weighted by atomic mass is 16.6. The van der Waals surface area contributed by atoms with Gasteiger partial charge in [0.1, 0.15) is 18.6 Å². The lowest BCUT2D eigenvalue weighted by Gasteiger charge is -2.39. The van der Waals surface area contributed by atoms with Crippen LogP contribution in [0.4, 0.5) is 0 Å². The third-order valence-electron chi connectivity index (χ3n) is 6.44. The molecule has 0 spiro atoms. The van der Waals surface area contributed by atoms with Crippen molar-refractivity contribution in [2.75, 3.05) is 13.2 Å². The number of unbranched alkanes of at least 4 members (excludes halogenated alkanes) is 2. The Hall–Kier alpha value is -2.12.